The van der Waals surface area contributed by atoms with Crippen LogP contribution in [-0.4, -0.2) is 23.2 Å². The molecule has 2 aromatic carbocycles. The summed E-state index contributed by atoms with van der Waals surface area (Å²) in [5, 5.41) is 17.3. The Hall–Kier alpha value is -3.66. The summed E-state index contributed by atoms with van der Waals surface area (Å²) in [6.07, 6.45) is 1.63. The monoisotopic (exact) mass is 399 g/mol. The topological polar surface area (TPSA) is 125 Å². The molecule has 9 nitrogen and oxygen atoms in total. The quantitative estimate of drug-likeness (QED) is 0.336. The molecule has 144 valence electrons. The van der Waals surface area contributed by atoms with Gasteiger partial charge in [-0.2, -0.15) is 5.10 Å². The van der Waals surface area contributed by atoms with E-state index in [4.69, 9.17) is 15.2 Å². The highest BCUT2D eigenvalue weighted by atomic mass is 32.1. The summed E-state index contributed by atoms with van der Waals surface area (Å²) in [7, 11) is 1.56. The van der Waals surface area contributed by atoms with Crippen molar-refractivity contribution in [3.05, 3.63) is 69.1 Å². The van der Waals surface area contributed by atoms with Gasteiger partial charge in [-0.15, -0.1) is 11.3 Å². The predicted molar refractivity (Wildman–Crippen MR) is 108 cm³/mol. The molecule has 3 rings (SSSR count). The number of aromatic nitrogens is 1. The lowest BCUT2D eigenvalue weighted by Crippen LogP contribution is -2.01. The van der Waals surface area contributed by atoms with E-state index in [9.17, 15) is 10.1 Å². The van der Waals surface area contributed by atoms with Crippen LogP contribution in [0.4, 0.5) is 16.6 Å². The lowest BCUT2D eigenvalue weighted by Gasteiger charge is -2.11. The number of anilines is 2. The maximum absolute atomic E-state index is 10.9. The second kappa shape index (κ2) is 8.82. The number of benzene rings is 2. The van der Waals surface area contributed by atoms with E-state index in [1.807, 2.05) is 12.1 Å². The van der Waals surface area contributed by atoms with Gasteiger partial charge < -0.3 is 15.2 Å². The molecule has 0 unspecified atom stereocenters. The fraction of sp³-hybridized carbons (Fsp3) is 0.111. The van der Waals surface area contributed by atoms with Gasteiger partial charge in [0.15, 0.2) is 0 Å². The number of nitrogens with zero attached hydrogens (tertiary/aromatic N) is 3. The fourth-order valence-electron chi connectivity index (χ4n) is 2.34. The average molecular weight is 399 g/mol. The zero-order valence-electron chi connectivity index (χ0n) is 14.9. The third kappa shape index (κ3) is 4.95. The third-order valence-corrected chi connectivity index (χ3v) is 4.39. The van der Waals surface area contributed by atoms with Crippen LogP contribution in [-0.2, 0) is 6.61 Å². The van der Waals surface area contributed by atoms with Gasteiger partial charge in [0.1, 0.15) is 23.9 Å². The molecule has 0 spiro atoms. The molecular weight excluding hydrogens is 382 g/mol. The molecule has 0 radical (unpaired) electrons. The van der Waals surface area contributed by atoms with E-state index < -0.39 is 4.92 Å². The molecule has 0 saturated heterocycles. The van der Waals surface area contributed by atoms with Gasteiger partial charge in [-0.05, 0) is 29.8 Å². The highest BCUT2D eigenvalue weighted by molar-refractivity contribution is 7.14. The summed E-state index contributed by atoms with van der Waals surface area (Å²) in [4.78, 5) is 14.5. The van der Waals surface area contributed by atoms with Crippen molar-refractivity contribution in [2.75, 3.05) is 18.3 Å². The molecule has 0 bridgehead atoms. The van der Waals surface area contributed by atoms with Gasteiger partial charge in [-0.1, -0.05) is 6.07 Å². The van der Waals surface area contributed by atoms with Crippen molar-refractivity contribution in [3.63, 3.8) is 0 Å². The number of nitrogens with one attached hydrogen (secondary N) is 1. The number of rotatable bonds is 8. The number of nitro benzene ring substituents is 1. The van der Waals surface area contributed by atoms with Crippen molar-refractivity contribution in [1.29, 1.82) is 0 Å². The van der Waals surface area contributed by atoms with E-state index in [1.165, 1.54) is 23.5 Å². The van der Waals surface area contributed by atoms with Crippen molar-refractivity contribution >= 4 is 34.2 Å². The number of hydrogen-bond acceptors (Lipinski definition) is 9. The Bertz CT molecular complexity index is 1010. The molecule has 0 saturated carbocycles. The van der Waals surface area contributed by atoms with Crippen LogP contribution in [0.25, 0.3) is 0 Å². The second-order valence-electron chi connectivity index (χ2n) is 5.56. The molecule has 0 aliphatic rings. The van der Waals surface area contributed by atoms with Crippen LogP contribution in [0.3, 0.4) is 0 Å². The predicted octanol–water partition coefficient (Wildman–Crippen LogP) is 3.67. The van der Waals surface area contributed by atoms with Crippen molar-refractivity contribution in [2.24, 2.45) is 5.10 Å². The zero-order chi connectivity index (χ0) is 19.9. The summed E-state index contributed by atoms with van der Waals surface area (Å²) >= 11 is 1.35. The number of non-ortho nitro benzene ring substituents is 1. The van der Waals surface area contributed by atoms with Crippen LogP contribution in [0.5, 0.6) is 11.5 Å². The minimum atomic E-state index is -0.465. The Kier molecular flexibility index (Phi) is 6.02. The maximum atomic E-state index is 10.9. The molecule has 0 aliphatic carbocycles. The first-order valence-corrected chi connectivity index (χ1v) is 8.97. The molecule has 0 aliphatic heterocycles. The lowest BCUT2D eigenvalue weighted by atomic mass is 10.1. The average Bonchev–Trinajstić information content (AvgIpc) is 3.11. The Morgan fingerprint density at radius 2 is 2.21 bits per heavy atom. The third-order valence-electron chi connectivity index (χ3n) is 3.62. The zero-order valence-corrected chi connectivity index (χ0v) is 15.7. The number of ether oxygens (including phenoxy) is 2. The Morgan fingerprint density at radius 3 is 2.93 bits per heavy atom. The summed E-state index contributed by atoms with van der Waals surface area (Å²) in [5.41, 5.74) is 9.93. The number of nitrogen functional groups attached to an aromatic ring is 1. The molecule has 1 aromatic heterocycles. The van der Waals surface area contributed by atoms with Gasteiger partial charge in [0.25, 0.3) is 5.69 Å². The number of nitrogens with two attached hydrogens (primary N) is 1. The minimum Gasteiger partial charge on any atom is -0.496 e. The molecule has 0 amide bonds. The standard InChI is InChI=1S/C18H17N5O4S/c1-26-16-6-5-12(9-20-22-18-21-17(19)11-28-18)7-13(16)10-27-15-4-2-3-14(8-15)23(24)25/h2-9,11H,10,19H2,1H3,(H,21,22). The number of methoxy groups -OCH3 is 1. The van der Waals surface area contributed by atoms with E-state index >= 15 is 0 Å². The summed E-state index contributed by atoms with van der Waals surface area (Å²) in [6, 6.07) is 11.5. The van der Waals surface area contributed by atoms with Gasteiger partial charge in [0, 0.05) is 17.0 Å². The van der Waals surface area contributed by atoms with E-state index in [-0.39, 0.29) is 12.3 Å². The van der Waals surface area contributed by atoms with Gasteiger partial charge in [0.05, 0.1) is 24.3 Å². The van der Waals surface area contributed by atoms with Gasteiger partial charge in [-0.3, -0.25) is 15.5 Å². The molecule has 3 N–H and O–H groups in total. The highest BCUT2D eigenvalue weighted by Crippen LogP contribution is 2.24. The number of hydrazone groups is 1. The second-order valence-corrected chi connectivity index (χ2v) is 6.42. The molecule has 28 heavy (non-hydrogen) atoms. The van der Waals surface area contributed by atoms with Gasteiger partial charge in [0.2, 0.25) is 5.13 Å². The van der Waals surface area contributed by atoms with Crippen LogP contribution < -0.4 is 20.6 Å². The van der Waals surface area contributed by atoms with E-state index in [0.29, 0.717) is 22.4 Å². The normalized spacial score (nSPS) is 10.8. The summed E-state index contributed by atoms with van der Waals surface area (Å²) < 4.78 is 11.0. The molecule has 0 fully saturated rings. The fourth-order valence-corrected chi connectivity index (χ4v) is 2.89. The largest absolute Gasteiger partial charge is 0.496 e. The first-order chi connectivity index (χ1) is 13.5. The molecule has 1 heterocycles. The van der Waals surface area contributed by atoms with E-state index in [0.717, 1.165) is 11.1 Å². The van der Waals surface area contributed by atoms with Gasteiger partial charge in [-0.25, -0.2) is 4.98 Å². The minimum absolute atomic E-state index is 0.0285. The Balaban J connectivity index is 1.70. The van der Waals surface area contributed by atoms with Crippen molar-refractivity contribution in [3.8, 4) is 11.5 Å². The van der Waals surface area contributed by atoms with E-state index in [2.05, 4.69) is 15.5 Å². The van der Waals surface area contributed by atoms with Crippen LogP contribution in [0, 0.1) is 10.1 Å². The van der Waals surface area contributed by atoms with Crippen molar-refractivity contribution < 1.29 is 14.4 Å². The number of hydrogen-bond donors (Lipinski definition) is 2. The first kappa shape index (κ1) is 19.1. The molecule has 10 heteroatoms. The smallest absolute Gasteiger partial charge is 0.273 e. The first-order valence-electron chi connectivity index (χ1n) is 8.09. The van der Waals surface area contributed by atoms with Crippen LogP contribution >= 0.6 is 11.3 Å². The Morgan fingerprint density at radius 1 is 1.36 bits per heavy atom. The summed E-state index contributed by atoms with van der Waals surface area (Å²) in [5.74, 6) is 1.48. The van der Waals surface area contributed by atoms with Crippen molar-refractivity contribution in [1.82, 2.24) is 4.98 Å². The number of thiazole rings is 1. The van der Waals surface area contributed by atoms with Gasteiger partial charge >= 0.3 is 0 Å². The number of nitro groups is 1. The molecule has 0 atom stereocenters. The van der Waals surface area contributed by atoms with Crippen molar-refractivity contribution in [2.45, 2.75) is 6.61 Å². The summed E-state index contributed by atoms with van der Waals surface area (Å²) in [6.45, 7) is 0.183. The Labute approximate surface area is 164 Å². The molecular formula is C18H17N5O4S. The van der Waals surface area contributed by atoms with Crippen LogP contribution in [0.2, 0.25) is 0 Å². The molecule has 3 aromatic rings. The van der Waals surface area contributed by atoms with Crippen LogP contribution in [0.1, 0.15) is 11.1 Å². The van der Waals surface area contributed by atoms with Crippen LogP contribution in [0.15, 0.2) is 52.9 Å². The SMILES string of the molecule is COc1ccc(C=NNc2nc(N)cs2)cc1COc1cccc([N+](=O)[O-])c1. The highest BCUT2D eigenvalue weighted by Gasteiger charge is 2.09. The van der Waals surface area contributed by atoms with E-state index in [1.54, 1.807) is 36.9 Å². The lowest BCUT2D eigenvalue weighted by molar-refractivity contribution is -0.384. The maximum Gasteiger partial charge on any atom is 0.273 e.